The predicted octanol–water partition coefficient (Wildman–Crippen LogP) is 1.54. The molecule has 1 amide bonds. The largest absolute Gasteiger partial charge is 0.481 e. The lowest BCUT2D eigenvalue weighted by atomic mass is 9.92. The number of nitrogens with zero attached hydrogens (tertiary/aromatic N) is 1. The summed E-state index contributed by atoms with van der Waals surface area (Å²) in [7, 11) is 0. The number of nitrogens with one attached hydrogen (secondary N) is 2. The summed E-state index contributed by atoms with van der Waals surface area (Å²) < 4.78 is 0. The van der Waals surface area contributed by atoms with E-state index in [1.54, 1.807) is 13.8 Å². The first kappa shape index (κ1) is 13.6. The smallest absolute Gasteiger partial charge is 0.305 e. The number of carboxylic acid groups (broad SMARTS) is 1. The quantitative estimate of drug-likeness (QED) is 0.769. The van der Waals surface area contributed by atoms with Gasteiger partial charge in [-0.1, -0.05) is 12.8 Å². The van der Waals surface area contributed by atoms with Crippen molar-refractivity contribution in [2.24, 2.45) is 0 Å². The van der Waals surface area contributed by atoms with Gasteiger partial charge in [-0.2, -0.15) is 5.10 Å². The van der Waals surface area contributed by atoms with Gasteiger partial charge >= 0.3 is 5.97 Å². The zero-order valence-corrected chi connectivity index (χ0v) is 11.2. The van der Waals surface area contributed by atoms with Crippen molar-refractivity contribution in [3.05, 3.63) is 17.0 Å². The van der Waals surface area contributed by atoms with Crippen molar-refractivity contribution in [2.75, 3.05) is 0 Å². The number of amides is 1. The van der Waals surface area contributed by atoms with Gasteiger partial charge < -0.3 is 10.4 Å². The van der Waals surface area contributed by atoms with E-state index >= 15 is 0 Å². The molecule has 1 fully saturated rings. The minimum Gasteiger partial charge on any atom is -0.481 e. The number of carbonyl (C=O) groups excluding carboxylic acids is 1. The van der Waals surface area contributed by atoms with Crippen molar-refractivity contribution in [2.45, 2.75) is 51.5 Å². The summed E-state index contributed by atoms with van der Waals surface area (Å²) in [6, 6.07) is 0. The highest BCUT2D eigenvalue weighted by Crippen LogP contribution is 2.33. The van der Waals surface area contributed by atoms with Crippen LogP contribution in [0.4, 0.5) is 0 Å². The Bertz CT molecular complexity index is 482. The number of carboxylic acids is 1. The highest BCUT2D eigenvalue weighted by atomic mass is 16.4. The van der Waals surface area contributed by atoms with E-state index in [1.807, 2.05) is 0 Å². The molecule has 2 rings (SSSR count). The standard InChI is InChI=1S/C13H19N3O3/c1-8-11(9(2)16-15-8)12(19)14-13(7-10(17)18)5-3-4-6-13/h3-7H2,1-2H3,(H,14,19)(H,15,16)(H,17,18). The van der Waals surface area contributed by atoms with Gasteiger partial charge in [0.15, 0.2) is 0 Å². The van der Waals surface area contributed by atoms with Gasteiger partial charge in [0.05, 0.1) is 23.2 Å². The fraction of sp³-hybridized carbons (Fsp3) is 0.615. The summed E-state index contributed by atoms with van der Waals surface area (Å²) in [5.74, 6) is -1.10. The summed E-state index contributed by atoms with van der Waals surface area (Å²) in [6.07, 6.45) is 3.34. The molecule has 1 heterocycles. The van der Waals surface area contributed by atoms with Crippen LogP contribution in [0.3, 0.4) is 0 Å². The maximum atomic E-state index is 12.3. The Morgan fingerprint density at radius 1 is 1.37 bits per heavy atom. The van der Waals surface area contributed by atoms with Gasteiger partial charge in [-0.05, 0) is 26.7 Å². The number of hydrogen-bond donors (Lipinski definition) is 3. The van der Waals surface area contributed by atoms with E-state index in [2.05, 4.69) is 15.5 Å². The number of rotatable bonds is 4. The number of H-pyrrole nitrogens is 1. The van der Waals surface area contributed by atoms with Crippen LogP contribution in [-0.4, -0.2) is 32.7 Å². The average Bonchev–Trinajstić information content (AvgIpc) is 2.85. The van der Waals surface area contributed by atoms with Crippen molar-refractivity contribution in [1.82, 2.24) is 15.5 Å². The van der Waals surface area contributed by atoms with Crippen LogP contribution in [0.25, 0.3) is 0 Å². The molecule has 6 nitrogen and oxygen atoms in total. The summed E-state index contributed by atoms with van der Waals surface area (Å²) in [5, 5.41) is 18.7. The molecule has 1 aromatic rings. The van der Waals surface area contributed by atoms with Crippen LogP contribution in [0.1, 0.15) is 53.8 Å². The number of aromatic nitrogens is 2. The maximum Gasteiger partial charge on any atom is 0.305 e. The molecule has 0 saturated heterocycles. The normalized spacial score (nSPS) is 17.4. The van der Waals surface area contributed by atoms with Crippen LogP contribution in [0.15, 0.2) is 0 Å². The Morgan fingerprint density at radius 2 is 2.00 bits per heavy atom. The first-order chi connectivity index (χ1) is 8.93. The highest BCUT2D eigenvalue weighted by molar-refractivity contribution is 5.97. The van der Waals surface area contributed by atoms with Gasteiger partial charge in [-0.25, -0.2) is 0 Å². The molecule has 0 radical (unpaired) electrons. The maximum absolute atomic E-state index is 12.3. The van der Waals surface area contributed by atoms with Gasteiger partial charge in [-0.15, -0.1) is 0 Å². The number of aliphatic carboxylic acids is 1. The van der Waals surface area contributed by atoms with Crippen LogP contribution in [0.2, 0.25) is 0 Å². The molecule has 1 aromatic heterocycles. The van der Waals surface area contributed by atoms with Crippen molar-refractivity contribution in [1.29, 1.82) is 0 Å². The Labute approximate surface area is 111 Å². The van der Waals surface area contributed by atoms with Crippen LogP contribution < -0.4 is 5.32 Å². The van der Waals surface area contributed by atoms with Gasteiger partial charge in [-0.3, -0.25) is 14.7 Å². The van der Waals surface area contributed by atoms with E-state index in [0.29, 0.717) is 17.0 Å². The summed E-state index contributed by atoms with van der Waals surface area (Å²) in [4.78, 5) is 23.3. The van der Waals surface area contributed by atoms with Gasteiger partial charge in [0, 0.05) is 5.69 Å². The molecular formula is C13H19N3O3. The molecule has 19 heavy (non-hydrogen) atoms. The first-order valence-corrected chi connectivity index (χ1v) is 6.49. The molecule has 0 aromatic carbocycles. The minimum atomic E-state index is -0.872. The molecule has 1 aliphatic carbocycles. The predicted molar refractivity (Wildman–Crippen MR) is 69.0 cm³/mol. The number of carbonyl (C=O) groups is 2. The Hall–Kier alpha value is -1.85. The fourth-order valence-corrected chi connectivity index (χ4v) is 2.88. The lowest BCUT2D eigenvalue weighted by molar-refractivity contribution is -0.138. The molecular weight excluding hydrogens is 246 g/mol. The minimum absolute atomic E-state index is 0.0192. The number of aromatic amines is 1. The lowest BCUT2D eigenvalue weighted by Crippen LogP contribution is -2.48. The van der Waals surface area contributed by atoms with Gasteiger partial charge in [0.25, 0.3) is 5.91 Å². The van der Waals surface area contributed by atoms with Gasteiger partial charge in [0.1, 0.15) is 0 Å². The van der Waals surface area contributed by atoms with E-state index in [-0.39, 0.29) is 12.3 Å². The van der Waals surface area contributed by atoms with E-state index in [9.17, 15) is 9.59 Å². The Kier molecular flexibility index (Phi) is 3.59. The number of aryl methyl sites for hydroxylation is 2. The molecule has 1 saturated carbocycles. The molecule has 0 atom stereocenters. The molecule has 0 bridgehead atoms. The average molecular weight is 265 g/mol. The molecule has 0 unspecified atom stereocenters. The SMILES string of the molecule is Cc1n[nH]c(C)c1C(=O)NC1(CC(=O)O)CCCC1. The van der Waals surface area contributed by atoms with Gasteiger partial charge in [0.2, 0.25) is 0 Å². The zero-order valence-electron chi connectivity index (χ0n) is 11.2. The van der Waals surface area contributed by atoms with Crippen LogP contribution in [0, 0.1) is 13.8 Å². The molecule has 0 spiro atoms. The fourth-order valence-electron chi connectivity index (χ4n) is 2.88. The summed E-state index contributed by atoms with van der Waals surface area (Å²) in [5.41, 5.74) is 1.27. The zero-order chi connectivity index (χ0) is 14.0. The highest BCUT2D eigenvalue weighted by Gasteiger charge is 2.38. The summed E-state index contributed by atoms with van der Waals surface area (Å²) in [6.45, 7) is 3.55. The lowest BCUT2D eigenvalue weighted by Gasteiger charge is -2.28. The second-order valence-corrected chi connectivity index (χ2v) is 5.32. The first-order valence-electron chi connectivity index (χ1n) is 6.49. The Balaban J connectivity index is 2.18. The third-order valence-corrected chi connectivity index (χ3v) is 3.78. The van der Waals surface area contributed by atoms with Crippen molar-refractivity contribution in [3.8, 4) is 0 Å². The summed E-state index contributed by atoms with van der Waals surface area (Å²) >= 11 is 0. The van der Waals surface area contributed by atoms with Crippen molar-refractivity contribution in [3.63, 3.8) is 0 Å². The number of hydrogen-bond acceptors (Lipinski definition) is 3. The van der Waals surface area contributed by atoms with Crippen molar-refractivity contribution < 1.29 is 14.7 Å². The topological polar surface area (TPSA) is 95.1 Å². The van der Waals surface area contributed by atoms with E-state index in [4.69, 9.17) is 5.11 Å². The molecule has 1 aliphatic rings. The van der Waals surface area contributed by atoms with Crippen LogP contribution in [-0.2, 0) is 4.79 Å². The Morgan fingerprint density at radius 3 is 2.47 bits per heavy atom. The van der Waals surface area contributed by atoms with E-state index in [0.717, 1.165) is 25.7 Å². The monoisotopic (exact) mass is 265 g/mol. The van der Waals surface area contributed by atoms with Crippen LogP contribution >= 0.6 is 0 Å². The molecule has 0 aliphatic heterocycles. The van der Waals surface area contributed by atoms with E-state index < -0.39 is 11.5 Å². The second kappa shape index (κ2) is 5.03. The third-order valence-electron chi connectivity index (χ3n) is 3.78. The second-order valence-electron chi connectivity index (χ2n) is 5.32. The molecule has 6 heteroatoms. The third kappa shape index (κ3) is 2.77. The molecule has 104 valence electrons. The van der Waals surface area contributed by atoms with Crippen LogP contribution in [0.5, 0.6) is 0 Å². The van der Waals surface area contributed by atoms with Crippen molar-refractivity contribution >= 4 is 11.9 Å². The van der Waals surface area contributed by atoms with E-state index in [1.165, 1.54) is 0 Å². The molecule has 3 N–H and O–H groups in total.